The first kappa shape index (κ1) is 10.1. The zero-order valence-electron chi connectivity index (χ0n) is 8.24. The van der Waals surface area contributed by atoms with Crippen molar-refractivity contribution < 1.29 is 9.87 Å². The minimum absolute atomic E-state index is 0.266. The van der Waals surface area contributed by atoms with Crippen molar-refractivity contribution in [3.8, 4) is 0 Å². The third-order valence-electron chi connectivity index (χ3n) is 2.54. The van der Waals surface area contributed by atoms with Gasteiger partial charge in [-0.25, -0.2) is 0 Å². The van der Waals surface area contributed by atoms with Crippen molar-refractivity contribution in [2.75, 3.05) is 0 Å². The van der Waals surface area contributed by atoms with Crippen LogP contribution in [0.4, 0.5) is 0 Å². The van der Waals surface area contributed by atoms with Gasteiger partial charge in [0.1, 0.15) is 5.54 Å². The number of rotatable bonds is 0. The second-order valence-corrected chi connectivity index (χ2v) is 3.82. The molecule has 1 heterocycles. The summed E-state index contributed by atoms with van der Waals surface area (Å²) in [4.78, 5) is 11.3. The Kier molecular flexibility index (Phi) is 2.17. The Labute approximate surface area is 76.8 Å². The van der Waals surface area contributed by atoms with Gasteiger partial charge in [0.15, 0.2) is 0 Å². The highest BCUT2D eigenvalue weighted by atomic mass is 16.5. The normalized spacial score (nSPS) is 28.3. The number of hydrogen-bond donors (Lipinski definition) is 1. The maximum Gasteiger partial charge on any atom is 0.330 e. The lowest BCUT2D eigenvalue weighted by Crippen LogP contribution is -2.56. The lowest BCUT2D eigenvalue weighted by atomic mass is 9.98. The minimum atomic E-state index is -1.31. The Balaban J connectivity index is 3.23. The van der Waals surface area contributed by atoms with Crippen molar-refractivity contribution in [1.29, 1.82) is 0 Å². The molecule has 0 aromatic carbocycles. The molecule has 5 heteroatoms. The van der Waals surface area contributed by atoms with Gasteiger partial charge in [0.05, 0.1) is 10.5 Å². The zero-order chi connectivity index (χ0) is 10.4. The summed E-state index contributed by atoms with van der Waals surface area (Å²) in [7, 11) is 0. The second kappa shape index (κ2) is 2.78. The number of aliphatic hydroxyl groups excluding tert-OH is 1. The van der Waals surface area contributed by atoms with Crippen LogP contribution < -0.4 is 0 Å². The van der Waals surface area contributed by atoms with E-state index in [9.17, 15) is 15.2 Å². The van der Waals surface area contributed by atoms with Gasteiger partial charge in [0.2, 0.25) is 0 Å². The van der Waals surface area contributed by atoms with Crippen molar-refractivity contribution >= 4 is 0 Å². The SMILES string of the molecule is CC1=C(C)[N+](=O)C(O)C(C)(C)N1[O-]. The molecule has 1 aliphatic rings. The predicted octanol–water partition coefficient (Wildman–Crippen LogP) is 0.927. The molecule has 1 N–H and O–H groups in total. The van der Waals surface area contributed by atoms with Crippen molar-refractivity contribution in [2.24, 2.45) is 0 Å². The van der Waals surface area contributed by atoms with Gasteiger partial charge in [-0.1, -0.05) is 0 Å². The van der Waals surface area contributed by atoms with E-state index in [0.29, 0.717) is 15.5 Å². The second-order valence-electron chi connectivity index (χ2n) is 3.82. The van der Waals surface area contributed by atoms with Gasteiger partial charge < -0.3 is 15.4 Å². The van der Waals surface area contributed by atoms with Gasteiger partial charge in [-0.3, -0.25) is 0 Å². The van der Waals surface area contributed by atoms with Gasteiger partial charge in [-0.05, 0) is 20.8 Å². The zero-order valence-corrected chi connectivity index (χ0v) is 8.24. The summed E-state index contributed by atoms with van der Waals surface area (Å²) in [5.74, 6) is 0. The molecule has 5 nitrogen and oxygen atoms in total. The lowest BCUT2D eigenvalue weighted by molar-refractivity contribution is -0.608. The first-order valence-corrected chi connectivity index (χ1v) is 4.09. The van der Waals surface area contributed by atoms with Crippen LogP contribution in [0.15, 0.2) is 11.4 Å². The summed E-state index contributed by atoms with van der Waals surface area (Å²) < 4.78 is 0.476. The van der Waals surface area contributed by atoms with Crippen LogP contribution in [0.2, 0.25) is 0 Å². The van der Waals surface area contributed by atoms with E-state index in [4.69, 9.17) is 0 Å². The Morgan fingerprint density at radius 3 is 2.46 bits per heavy atom. The predicted molar refractivity (Wildman–Crippen MR) is 47.3 cm³/mol. The molecule has 13 heavy (non-hydrogen) atoms. The first-order chi connectivity index (χ1) is 5.80. The maximum absolute atomic E-state index is 11.5. The Morgan fingerprint density at radius 1 is 1.54 bits per heavy atom. The first-order valence-electron chi connectivity index (χ1n) is 4.09. The third-order valence-corrected chi connectivity index (χ3v) is 2.54. The standard InChI is InChI=1S/C8H14N2O3/c1-5-6(2)10(13)8(3,4)7(11)9(5)12/h7,11H,1-4H3. The molecule has 0 bridgehead atoms. The van der Waals surface area contributed by atoms with Crippen LogP contribution in [0.1, 0.15) is 27.7 Å². The Hall–Kier alpha value is -0.940. The molecular weight excluding hydrogens is 172 g/mol. The van der Waals surface area contributed by atoms with Gasteiger partial charge in [0.25, 0.3) is 5.70 Å². The van der Waals surface area contributed by atoms with E-state index in [1.54, 1.807) is 6.92 Å². The summed E-state index contributed by atoms with van der Waals surface area (Å²) in [6.45, 7) is 6.16. The van der Waals surface area contributed by atoms with Gasteiger partial charge in [-0.15, -0.1) is 0 Å². The van der Waals surface area contributed by atoms with Crippen LogP contribution in [0.5, 0.6) is 0 Å². The summed E-state index contributed by atoms with van der Waals surface area (Å²) in [6.07, 6.45) is -1.31. The van der Waals surface area contributed by atoms with Gasteiger partial charge in [-0.2, -0.15) is 0 Å². The van der Waals surface area contributed by atoms with Crippen molar-refractivity contribution in [2.45, 2.75) is 39.5 Å². The highest BCUT2D eigenvalue weighted by Crippen LogP contribution is 2.30. The monoisotopic (exact) mass is 186 g/mol. The van der Waals surface area contributed by atoms with Gasteiger partial charge >= 0.3 is 6.23 Å². The fourth-order valence-corrected chi connectivity index (χ4v) is 1.31. The summed E-state index contributed by atoms with van der Waals surface area (Å²) in [5, 5.41) is 21.7. The molecule has 0 radical (unpaired) electrons. The number of aliphatic hydroxyl groups is 1. The molecule has 0 saturated heterocycles. The van der Waals surface area contributed by atoms with Crippen LogP contribution in [0.25, 0.3) is 0 Å². The van der Waals surface area contributed by atoms with E-state index in [2.05, 4.69) is 0 Å². The fraction of sp³-hybridized carbons (Fsp3) is 0.750. The third kappa shape index (κ3) is 1.24. The summed E-state index contributed by atoms with van der Waals surface area (Å²) >= 11 is 0. The lowest BCUT2D eigenvalue weighted by Gasteiger charge is -2.47. The number of nitrogens with zero attached hydrogens (tertiary/aromatic N) is 2. The van der Waals surface area contributed by atoms with Crippen LogP contribution in [0, 0.1) is 10.1 Å². The number of hydrogen-bond acceptors (Lipinski definition) is 4. The van der Waals surface area contributed by atoms with E-state index in [1.807, 2.05) is 0 Å². The Morgan fingerprint density at radius 2 is 2.00 bits per heavy atom. The van der Waals surface area contributed by atoms with Crippen LogP contribution in [-0.4, -0.2) is 26.7 Å². The molecule has 0 fully saturated rings. The van der Waals surface area contributed by atoms with Crippen LogP contribution in [-0.2, 0) is 0 Å². The molecule has 1 rings (SSSR count). The van der Waals surface area contributed by atoms with Gasteiger partial charge in [0, 0.05) is 11.8 Å². The van der Waals surface area contributed by atoms with E-state index in [-0.39, 0.29) is 5.70 Å². The van der Waals surface area contributed by atoms with Crippen LogP contribution in [0.3, 0.4) is 0 Å². The largest absolute Gasteiger partial charge is 0.758 e. The van der Waals surface area contributed by atoms with Crippen molar-refractivity contribution in [3.63, 3.8) is 0 Å². The highest BCUT2D eigenvalue weighted by Gasteiger charge is 2.47. The average Bonchev–Trinajstić information content (AvgIpc) is 2.09. The fourth-order valence-electron chi connectivity index (χ4n) is 1.31. The maximum atomic E-state index is 11.5. The van der Waals surface area contributed by atoms with E-state index in [0.717, 1.165) is 0 Å². The van der Waals surface area contributed by atoms with E-state index in [1.165, 1.54) is 20.8 Å². The molecule has 0 aliphatic carbocycles. The van der Waals surface area contributed by atoms with Crippen molar-refractivity contribution in [3.05, 3.63) is 21.5 Å². The molecular formula is C8H14N2O3. The average molecular weight is 186 g/mol. The summed E-state index contributed by atoms with van der Waals surface area (Å²) in [6, 6.07) is 0. The molecule has 1 aliphatic heterocycles. The quantitative estimate of drug-likeness (QED) is 0.571. The molecule has 1 unspecified atom stereocenters. The van der Waals surface area contributed by atoms with Crippen LogP contribution >= 0.6 is 0 Å². The molecule has 0 amide bonds. The highest BCUT2D eigenvalue weighted by molar-refractivity contribution is 5.11. The van der Waals surface area contributed by atoms with Crippen molar-refractivity contribution in [1.82, 2.24) is 5.06 Å². The van der Waals surface area contributed by atoms with E-state index < -0.39 is 11.8 Å². The molecule has 0 aromatic heterocycles. The van der Waals surface area contributed by atoms with E-state index >= 15 is 0 Å². The number of hydroxylamine groups is 2. The number of nitroso groups, excluding NO2 is 1. The smallest absolute Gasteiger partial charge is 0.330 e. The molecule has 0 aromatic rings. The molecule has 74 valence electrons. The Bertz CT molecular complexity index is 283. The minimum Gasteiger partial charge on any atom is -0.758 e. The number of allylic oxidation sites excluding steroid dienone is 2. The molecule has 1 atom stereocenters. The summed E-state index contributed by atoms with van der Waals surface area (Å²) in [5.41, 5.74) is -0.474. The topological polar surface area (TPSA) is 66.6 Å². The molecule has 0 saturated carbocycles. The molecule has 0 spiro atoms.